The number of β-amino-alcohol motifs (C(OH)–C–C–N with tert-alkyl or cyclic N) is 1. The average Bonchev–Trinajstić information content (AvgIpc) is 2.87. The Hall–Kier alpha value is -1.45. The highest BCUT2D eigenvalue weighted by Gasteiger charge is 2.39. The average molecular weight is 346 g/mol. The van der Waals surface area contributed by atoms with Crippen LogP contribution < -0.4 is 4.90 Å². The number of rotatable bonds is 3. The van der Waals surface area contributed by atoms with Crippen molar-refractivity contribution in [3.63, 3.8) is 0 Å². The Balaban J connectivity index is 1.67. The fraction of sp³-hybridized carbons (Fsp3) is 0.571. The lowest BCUT2D eigenvalue weighted by Crippen LogP contribution is -2.51. The molecule has 0 saturated carbocycles. The molecule has 5 nitrogen and oxygen atoms in total. The minimum absolute atomic E-state index is 0.381. The molecule has 23 heavy (non-hydrogen) atoms. The molecule has 0 unspecified atom stereocenters. The first-order chi connectivity index (χ1) is 10.8. The van der Waals surface area contributed by atoms with Crippen LogP contribution in [0.25, 0.3) is 10.2 Å². The highest BCUT2D eigenvalue weighted by Crippen LogP contribution is 2.30. The number of anilines is 1. The summed E-state index contributed by atoms with van der Waals surface area (Å²) in [6, 6.07) is 2.04. The Kier molecular flexibility index (Phi) is 4.43. The van der Waals surface area contributed by atoms with E-state index < -0.39 is 12.3 Å². The zero-order valence-electron chi connectivity index (χ0n) is 12.5. The number of fused-ring (bicyclic) bond motifs is 1. The maximum absolute atomic E-state index is 12.4. The molecule has 0 bridgehead atoms. The smallest absolute Gasteiger partial charge is 0.382 e. The van der Waals surface area contributed by atoms with Crippen LogP contribution in [0.1, 0.15) is 4.88 Å². The predicted molar refractivity (Wildman–Crippen MR) is 82.9 cm³/mol. The summed E-state index contributed by atoms with van der Waals surface area (Å²) in [6.07, 6.45) is -5.34. The van der Waals surface area contributed by atoms with Gasteiger partial charge in [0.15, 0.2) is 6.10 Å². The van der Waals surface area contributed by atoms with Gasteiger partial charge in [0, 0.05) is 37.6 Å². The maximum atomic E-state index is 12.4. The molecule has 3 rings (SSSR count). The molecule has 1 aliphatic heterocycles. The summed E-state index contributed by atoms with van der Waals surface area (Å²) in [5.41, 5.74) is 0. The molecule has 1 aliphatic rings. The van der Waals surface area contributed by atoms with Gasteiger partial charge in [0.1, 0.15) is 17.0 Å². The number of thiophene rings is 1. The molecule has 0 radical (unpaired) electrons. The van der Waals surface area contributed by atoms with Crippen LogP contribution in [0.3, 0.4) is 0 Å². The number of aryl methyl sites for hydroxylation is 1. The minimum Gasteiger partial charge on any atom is -0.382 e. The Morgan fingerprint density at radius 1 is 1.26 bits per heavy atom. The normalized spacial score (nSPS) is 18.6. The van der Waals surface area contributed by atoms with Gasteiger partial charge < -0.3 is 10.0 Å². The van der Waals surface area contributed by atoms with Crippen LogP contribution in [0.5, 0.6) is 0 Å². The number of piperazine rings is 1. The molecule has 1 N–H and O–H groups in total. The standard InChI is InChI=1S/C14H17F3N4OS/c1-9-6-10-12(18-8-19-13(10)23-9)21-4-2-20(3-5-21)7-11(22)14(15,16)17/h6,8,11,22H,2-5,7H2,1H3/t11-/m1/s1. The van der Waals surface area contributed by atoms with Gasteiger partial charge in [0.25, 0.3) is 0 Å². The van der Waals surface area contributed by atoms with Crippen LogP contribution in [0, 0.1) is 6.92 Å². The monoisotopic (exact) mass is 346 g/mol. The zero-order valence-corrected chi connectivity index (χ0v) is 13.4. The first-order valence-electron chi connectivity index (χ1n) is 7.28. The van der Waals surface area contributed by atoms with E-state index >= 15 is 0 Å². The third-order valence-corrected chi connectivity index (χ3v) is 4.87. The van der Waals surface area contributed by atoms with Crippen molar-refractivity contribution in [1.82, 2.24) is 14.9 Å². The van der Waals surface area contributed by atoms with Gasteiger partial charge >= 0.3 is 6.18 Å². The molecule has 0 aromatic carbocycles. The Morgan fingerprint density at radius 2 is 1.96 bits per heavy atom. The van der Waals surface area contributed by atoms with E-state index in [1.165, 1.54) is 6.33 Å². The Labute approximate surface area is 135 Å². The zero-order chi connectivity index (χ0) is 16.6. The second-order valence-corrected chi connectivity index (χ2v) is 6.85. The SMILES string of the molecule is Cc1cc2c(N3CCN(C[C@@H](O)C(F)(F)F)CC3)ncnc2s1. The third kappa shape index (κ3) is 3.56. The van der Waals surface area contributed by atoms with Gasteiger partial charge in [-0.25, -0.2) is 9.97 Å². The summed E-state index contributed by atoms with van der Waals surface area (Å²) in [5.74, 6) is 0.829. The molecule has 2 aromatic heterocycles. The molecule has 2 aromatic rings. The number of aliphatic hydroxyl groups excluding tert-OH is 1. The molecule has 1 fully saturated rings. The van der Waals surface area contributed by atoms with E-state index in [1.54, 1.807) is 16.2 Å². The summed E-state index contributed by atoms with van der Waals surface area (Å²) >= 11 is 1.60. The first-order valence-corrected chi connectivity index (χ1v) is 8.09. The number of nitrogens with zero attached hydrogens (tertiary/aromatic N) is 4. The summed E-state index contributed by atoms with van der Waals surface area (Å²) < 4.78 is 37.3. The lowest BCUT2D eigenvalue weighted by Gasteiger charge is -2.36. The summed E-state index contributed by atoms with van der Waals surface area (Å²) in [7, 11) is 0. The lowest BCUT2D eigenvalue weighted by molar-refractivity contribution is -0.208. The molecule has 126 valence electrons. The molecule has 0 aliphatic carbocycles. The summed E-state index contributed by atoms with van der Waals surface area (Å²) in [5, 5.41) is 10.2. The molecule has 9 heteroatoms. The molecular weight excluding hydrogens is 329 g/mol. The van der Waals surface area contributed by atoms with Crippen molar-refractivity contribution in [3.05, 3.63) is 17.3 Å². The van der Waals surface area contributed by atoms with Gasteiger partial charge in [-0.15, -0.1) is 11.3 Å². The van der Waals surface area contributed by atoms with Crippen molar-refractivity contribution in [1.29, 1.82) is 0 Å². The van der Waals surface area contributed by atoms with E-state index in [-0.39, 0.29) is 6.54 Å². The van der Waals surface area contributed by atoms with Gasteiger partial charge in [-0.2, -0.15) is 13.2 Å². The molecular formula is C14H17F3N4OS. The maximum Gasteiger partial charge on any atom is 0.415 e. The third-order valence-electron chi connectivity index (χ3n) is 3.91. The van der Waals surface area contributed by atoms with E-state index in [9.17, 15) is 13.2 Å². The van der Waals surface area contributed by atoms with Crippen LogP contribution in [0.4, 0.5) is 19.0 Å². The molecule has 3 heterocycles. The van der Waals surface area contributed by atoms with E-state index in [2.05, 4.69) is 14.9 Å². The number of aliphatic hydroxyl groups is 1. The number of hydrogen-bond acceptors (Lipinski definition) is 6. The van der Waals surface area contributed by atoms with Crippen molar-refractivity contribution in [2.45, 2.75) is 19.2 Å². The van der Waals surface area contributed by atoms with Crippen LogP contribution in [-0.2, 0) is 0 Å². The minimum atomic E-state index is -4.57. The van der Waals surface area contributed by atoms with Crippen LogP contribution in [0.2, 0.25) is 0 Å². The molecule has 1 atom stereocenters. The van der Waals surface area contributed by atoms with E-state index in [4.69, 9.17) is 5.11 Å². The number of aromatic nitrogens is 2. The second kappa shape index (κ2) is 6.21. The fourth-order valence-electron chi connectivity index (χ4n) is 2.71. The first kappa shape index (κ1) is 16.4. The quantitative estimate of drug-likeness (QED) is 0.922. The van der Waals surface area contributed by atoms with E-state index in [0.717, 1.165) is 20.9 Å². The number of halogens is 3. The number of hydrogen-bond donors (Lipinski definition) is 1. The van der Waals surface area contributed by atoms with Crippen molar-refractivity contribution in [3.8, 4) is 0 Å². The van der Waals surface area contributed by atoms with Crippen molar-refractivity contribution < 1.29 is 18.3 Å². The van der Waals surface area contributed by atoms with Gasteiger partial charge in [-0.1, -0.05) is 0 Å². The highest BCUT2D eigenvalue weighted by molar-refractivity contribution is 7.18. The summed E-state index contributed by atoms with van der Waals surface area (Å²) in [6.45, 7) is 3.70. The van der Waals surface area contributed by atoms with E-state index in [0.29, 0.717) is 26.2 Å². The van der Waals surface area contributed by atoms with Crippen molar-refractivity contribution in [2.24, 2.45) is 0 Å². The van der Waals surface area contributed by atoms with Gasteiger partial charge in [-0.3, -0.25) is 4.90 Å². The highest BCUT2D eigenvalue weighted by atomic mass is 32.1. The molecule has 0 amide bonds. The van der Waals surface area contributed by atoms with Crippen molar-refractivity contribution >= 4 is 27.4 Å². The molecule has 0 spiro atoms. The summed E-state index contributed by atoms with van der Waals surface area (Å²) in [4.78, 5) is 14.4. The lowest BCUT2D eigenvalue weighted by atomic mass is 10.2. The van der Waals surface area contributed by atoms with Gasteiger partial charge in [-0.05, 0) is 13.0 Å². The van der Waals surface area contributed by atoms with Gasteiger partial charge in [0.2, 0.25) is 0 Å². The topological polar surface area (TPSA) is 52.5 Å². The largest absolute Gasteiger partial charge is 0.415 e. The van der Waals surface area contributed by atoms with Crippen LogP contribution in [-0.4, -0.2) is 65.0 Å². The Bertz CT molecular complexity index is 682. The predicted octanol–water partition coefficient (Wildman–Crippen LogP) is 2.04. The van der Waals surface area contributed by atoms with Gasteiger partial charge in [0.05, 0.1) is 5.39 Å². The second-order valence-electron chi connectivity index (χ2n) is 5.62. The Morgan fingerprint density at radius 3 is 2.61 bits per heavy atom. The number of alkyl halides is 3. The van der Waals surface area contributed by atoms with Crippen LogP contribution in [0.15, 0.2) is 12.4 Å². The molecule has 1 saturated heterocycles. The fourth-order valence-corrected chi connectivity index (χ4v) is 3.55. The van der Waals surface area contributed by atoms with Crippen molar-refractivity contribution in [2.75, 3.05) is 37.6 Å². The van der Waals surface area contributed by atoms with E-state index in [1.807, 2.05) is 13.0 Å². The van der Waals surface area contributed by atoms with Crippen LogP contribution >= 0.6 is 11.3 Å².